The van der Waals surface area contributed by atoms with Crippen LogP contribution in [0, 0.1) is 5.82 Å². The van der Waals surface area contributed by atoms with Crippen molar-refractivity contribution in [2.75, 3.05) is 18.1 Å². The monoisotopic (exact) mass is 285 g/mol. The van der Waals surface area contributed by atoms with E-state index in [1.54, 1.807) is 23.1 Å². The summed E-state index contributed by atoms with van der Waals surface area (Å²) >= 11 is 0. The molecule has 0 saturated carbocycles. The van der Waals surface area contributed by atoms with E-state index in [1.807, 2.05) is 24.3 Å². The van der Waals surface area contributed by atoms with Gasteiger partial charge in [-0.3, -0.25) is 4.79 Å². The Morgan fingerprint density at radius 2 is 1.90 bits per heavy atom. The highest BCUT2D eigenvalue weighted by Crippen LogP contribution is 2.31. The van der Waals surface area contributed by atoms with Crippen molar-refractivity contribution in [2.45, 2.75) is 12.8 Å². The molecule has 0 radical (unpaired) electrons. The third-order valence-corrected chi connectivity index (χ3v) is 3.60. The number of para-hydroxylation sites is 2. The summed E-state index contributed by atoms with van der Waals surface area (Å²) in [6.07, 6.45) is 0.695. The fraction of sp³-hybridized carbons (Fsp3) is 0.235. The average molecular weight is 285 g/mol. The van der Waals surface area contributed by atoms with E-state index < -0.39 is 0 Å². The number of carbonyl (C=O) groups excluding carboxylic acids is 1. The lowest BCUT2D eigenvalue weighted by Gasteiger charge is -2.29. The van der Waals surface area contributed by atoms with Gasteiger partial charge in [0.05, 0.1) is 12.2 Å². The lowest BCUT2D eigenvalue weighted by Crippen LogP contribution is -2.38. The molecule has 0 aliphatic carbocycles. The van der Waals surface area contributed by atoms with Crippen LogP contribution in [0.25, 0.3) is 0 Å². The maximum atomic E-state index is 13.6. The number of hydrogen-bond acceptors (Lipinski definition) is 2. The summed E-state index contributed by atoms with van der Waals surface area (Å²) in [5, 5.41) is 0. The van der Waals surface area contributed by atoms with Gasteiger partial charge in [0.25, 0.3) is 0 Å². The van der Waals surface area contributed by atoms with Gasteiger partial charge in [-0.25, -0.2) is 4.39 Å². The molecule has 4 heteroatoms. The molecule has 3 nitrogen and oxygen atoms in total. The molecule has 0 N–H and O–H groups in total. The van der Waals surface area contributed by atoms with Crippen molar-refractivity contribution >= 4 is 11.6 Å². The number of benzene rings is 2. The maximum absolute atomic E-state index is 13.6. The van der Waals surface area contributed by atoms with Gasteiger partial charge in [-0.1, -0.05) is 30.3 Å². The van der Waals surface area contributed by atoms with E-state index in [1.165, 1.54) is 6.07 Å². The molecular formula is C17H16FNO2. The van der Waals surface area contributed by atoms with Crippen LogP contribution in [0.3, 0.4) is 0 Å². The Hall–Kier alpha value is -2.36. The summed E-state index contributed by atoms with van der Waals surface area (Å²) in [6.45, 7) is 1.02. The Labute approximate surface area is 123 Å². The third-order valence-electron chi connectivity index (χ3n) is 3.60. The molecular weight excluding hydrogens is 269 g/mol. The summed E-state index contributed by atoms with van der Waals surface area (Å²) < 4.78 is 19.1. The largest absolute Gasteiger partial charge is 0.490 e. The molecule has 3 rings (SSSR count). The fourth-order valence-electron chi connectivity index (χ4n) is 2.51. The molecule has 108 valence electrons. The lowest BCUT2D eigenvalue weighted by atomic mass is 10.1. The van der Waals surface area contributed by atoms with Crippen molar-refractivity contribution in [2.24, 2.45) is 0 Å². The van der Waals surface area contributed by atoms with Crippen molar-refractivity contribution in [3.05, 3.63) is 59.9 Å². The second-order valence-corrected chi connectivity index (χ2v) is 4.95. The van der Waals surface area contributed by atoms with E-state index in [9.17, 15) is 9.18 Å². The number of aryl methyl sites for hydroxylation is 1. The van der Waals surface area contributed by atoms with E-state index in [-0.39, 0.29) is 18.1 Å². The topological polar surface area (TPSA) is 29.5 Å². The number of anilines is 1. The van der Waals surface area contributed by atoms with Crippen molar-refractivity contribution in [1.29, 1.82) is 0 Å². The van der Waals surface area contributed by atoms with Gasteiger partial charge in [-0.2, -0.15) is 0 Å². The zero-order chi connectivity index (χ0) is 14.7. The van der Waals surface area contributed by atoms with Gasteiger partial charge in [0.1, 0.15) is 18.2 Å². The van der Waals surface area contributed by atoms with Crippen molar-refractivity contribution in [3.63, 3.8) is 0 Å². The number of carbonyl (C=O) groups is 1. The van der Waals surface area contributed by atoms with Crippen molar-refractivity contribution in [3.8, 4) is 5.75 Å². The van der Waals surface area contributed by atoms with Gasteiger partial charge in [0, 0.05) is 6.42 Å². The average Bonchev–Trinajstić information content (AvgIpc) is 2.53. The maximum Gasteiger partial charge on any atom is 0.227 e. The van der Waals surface area contributed by atoms with Gasteiger partial charge in [0.2, 0.25) is 5.91 Å². The molecule has 1 amide bonds. The first-order valence-corrected chi connectivity index (χ1v) is 7.01. The Morgan fingerprint density at radius 1 is 1.14 bits per heavy atom. The number of rotatable bonds is 3. The molecule has 0 aromatic heterocycles. The van der Waals surface area contributed by atoms with E-state index in [4.69, 9.17) is 4.74 Å². The smallest absolute Gasteiger partial charge is 0.227 e. The number of hydrogen-bond donors (Lipinski definition) is 0. The summed E-state index contributed by atoms with van der Waals surface area (Å²) in [6, 6.07) is 14.1. The first kappa shape index (κ1) is 13.6. The second-order valence-electron chi connectivity index (χ2n) is 4.95. The van der Waals surface area contributed by atoms with Crippen LogP contribution >= 0.6 is 0 Å². The molecule has 1 aliphatic rings. The summed E-state index contributed by atoms with van der Waals surface area (Å²) in [5.74, 6) is 0.463. The van der Waals surface area contributed by atoms with Gasteiger partial charge in [-0.15, -0.1) is 0 Å². The molecule has 2 aromatic carbocycles. The fourth-order valence-corrected chi connectivity index (χ4v) is 2.51. The van der Waals surface area contributed by atoms with Crippen LogP contribution in [-0.4, -0.2) is 19.1 Å². The van der Waals surface area contributed by atoms with Crippen LogP contribution in [0.5, 0.6) is 5.75 Å². The molecule has 1 heterocycles. The number of fused-ring (bicyclic) bond motifs is 1. The number of amides is 1. The van der Waals surface area contributed by atoms with Crippen LogP contribution < -0.4 is 9.64 Å². The minimum Gasteiger partial charge on any atom is -0.490 e. The Bertz CT molecular complexity index is 657. The molecule has 0 saturated heterocycles. The van der Waals surface area contributed by atoms with E-state index >= 15 is 0 Å². The van der Waals surface area contributed by atoms with E-state index in [0.717, 1.165) is 11.4 Å². The Kier molecular flexibility index (Phi) is 3.86. The molecule has 0 unspecified atom stereocenters. The van der Waals surface area contributed by atoms with Crippen LogP contribution in [-0.2, 0) is 11.2 Å². The number of halogens is 1. The predicted octanol–water partition coefficient (Wildman–Crippen LogP) is 3.18. The molecule has 0 atom stereocenters. The van der Waals surface area contributed by atoms with E-state index in [2.05, 4.69) is 0 Å². The highest BCUT2D eigenvalue weighted by molar-refractivity contribution is 5.95. The zero-order valence-electron chi connectivity index (χ0n) is 11.6. The molecule has 0 bridgehead atoms. The van der Waals surface area contributed by atoms with Crippen LogP contribution in [0.15, 0.2) is 48.5 Å². The number of nitrogens with zero attached hydrogens (tertiary/aromatic N) is 1. The Morgan fingerprint density at radius 3 is 2.76 bits per heavy atom. The first-order chi connectivity index (χ1) is 10.3. The highest BCUT2D eigenvalue weighted by atomic mass is 19.1. The highest BCUT2D eigenvalue weighted by Gasteiger charge is 2.23. The minimum absolute atomic E-state index is 0.00555. The number of ether oxygens (including phenoxy) is 1. The zero-order valence-corrected chi connectivity index (χ0v) is 11.6. The molecule has 0 fully saturated rings. The van der Waals surface area contributed by atoms with Gasteiger partial charge >= 0.3 is 0 Å². The Balaban J connectivity index is 1.71. The molecule has 1 aliphatic heterocycles. The van der Waals surface area contributed by atoms with Gasteiger partial charge < -0.3 is 9.64 Å². The van der Waals surface area contributed by atoms with Crippen molar-refractivity contribution in [1.82, 2.24) is 0 Å². The lowest BCUT2D eigenvalue weighted by molar-refractivity contribution is -0.118. The first-order valence-electron chi connectivity index (χ1n) is 7.01. The van der Waals surface area contributed by atoms with E-state index in [0.29, 0.717) is 25.1 Å². The van der Waals surface area contributed by atoms with Crippen LogP contribution in [0.2, 0.25) is 0 Å². The normalized spacial score (nSPS) is 13.5. The SMILES string of the molecule is O=C(CCc1ccccc1F)N1CCOc2ccccc21. The quantitative estimate of drug-likeness (QED) is 0.867. The standard InChI is InChI=1S/C17H16FNO2/c18-14-6-2-1-5-13(14)9-10-17(20)19-11-12-21-16-8-4-3-7-15(16)19/h1-8H,9-12H2. The summed E-state index contributed by atoms with van der Waals surface area (Å²) in [7, 11) is 0. The van der Waals surface area contributed by atoms with Gasteiger partial charge in [-0.05, 0) is 30.2 Å². The third kappa shape index (κ3) is 2.89. The molecule has 2 aromatic rings. The summed E-state index contributed by atoms with van der Waals surface area (Å²) in [5.41, 5.74) is 1.37. The van der Waals surface area contributed by atoms with Crippen LogP contribution in [0.4, 0.5) is 10.1 Å². The van der Waals surface area contributed by atoms with Gasteiger partial charge in [0.15, 0.2) is 0 Å². The van der Waals surface area contributed by atoms with Crippen LogP contribution in [0.1, 0.15) is 12.0 Å². The predicted molar refractivity (Wildman–Crippen MR) is 79.0 cm³/mol. The molecule has 21 heavy (non-hydrogen) atoms. The summed E-state index contributed by atoms with van der Waals surface area (Å²) in [4.78, 5) is 14.1. The second kappa shape index (κ2) is 5.95. The van der Waals surface area contributed by atoms with Crippen molar-refractivity contribution < 1.29 is 13.9 Å². The minimum atomic E-state index is -0.257. The molecule has 0 spiro atoms.